The molecule has 2 N–H and O–H groups in total. The number of amides is 1. The van der Waals surface area contributed by atoms with Gasteiger partial charge in [0.15, 0.2) is 0 Å². The van der Waals surface area contributed by atoms with E-state index in [-0.39, 0.29) is 5.91 Å². The number of dihydropyridines is 1. The standard InChI is InChI=1S/C29H31ClN6O4/c1-2-28(37)35-25-16-22-24(17-27(25)39-14-11-36-9-12-38-13-10-36)32-19-33-29(22)34-20-6-7-26(23(30)15-20)40-18-21-5-3-4-8-31-21/h2-3,5-7,15-17,19H,1,4,8-14,18H2,(H,35,37)(H,32,33,34). The molecule has 40 heavy (non-hydrogen) atoms. The van der Waals surface area contributed by atoms with Crippen molar-refractivity contribution in [2.75, 3.05) is 63.2 Å². The van der Waals surface area contributed by atoms with Crippen molar-refractivity contribution < 1.29 is 19.0 Å². The highest BCUT2D eigenvalue weighted by Gasteiger charge is 2.15. The third kappa shape index (κ3) is 7.15. The lowest BCUT2D eigenvalue weighted by Crippen LogP contribution is -2.38. The van der Waals surface area contributed by atoms with Crippen molar-refractivity contribution in [1.29, 1.82) is 0 Å². The number of hydrogen-bond donors (Lipinski definition) is 2. The van der Waals surface area contributed by atoms with Gasteiger partial charge in [-0.3, -0.25) is 14.7 Å². The van der Waals surface area contributed by atoms with Gasteiger partial charge in [0.2, 0.25) is 5.91 Å². The minimum absolute atomic E-state index is 0.346. The molecule has 2 aliphatic heterocycles. The number of carbonyl (C=O) groups is 1. The number of fused-ring (bicyclic) bond motifs is 1. The third-order valence-corrected chi connectivity index (χ3v) is 6.74. The first kappa shape index (κ1) is 27.6. The number of benzene rings is 2. The summed E-state index contributed by atoms with van der Waals surface area (Å²) < 4.78 is 17.4. The lowest BCUT2D eigenvalue weighted by atomic mass is 10.1. The summed E-state index contributed by atoms with van der Waals surface area (Å²) in [4.78, 5) is 27.8. The van der Waals surface area contributed by atoms with Crippen LogP contribution in [0.5, 0.6) is 11.5 Å². The maximum atomic E-state index is 12.2. The van der Waals surface area contributed by atoms with Crippen LogP contribution in [0.25, 0.3) is 10.9 Å². The molecule has 5 rings (SSSR count). The molecular formula is C29H31ClN6O4. The fourth-order valence-corrected chi connectivity index (χ4v) is 4.56. The Balaban J connectivity index is 1.33. The first-order valence-corrected chi connectivity index (χ1v) is 13.5. The van der Waals surface area contributed by atoms with Crippen LogP contribution in [0.15, 0.2) is 66.5 Å². The largest absolute Gasteiger partial charge is 0.490 e. The van der Waals surface area contributed by atoms with E-state index in [1.807, 2.05) is 12.1 Å². The number of rotatable bonds is 11. The van der Waals surface area contributed by atoms with E-state index in [9.17, 15) is 4.79 Å². The van der Waals surface area contributed by atoms with Crippen LogP contribution in [0.4, 0.5) is 17.2 Å². The molecule has 2 aliphatic rings. The van der Waals surface area contributed by atoms with Gasteiger partial charge in [0.1, 0.15) is 36.9 Å². The van der Waals surface area contributed by atoms with Gasteiger partial charge >= 0.3 is 0 Å². The SMILES string of the molecule is C=CC(=O)Nc1cc2c(Nc3ccc(OCC4=NCCC=C4)c(Cl)c3)ncnc2cc1OCCN1CCOCC1. The Kier molecular flexibility index (Phi) is 9.22. The molecule has 1 saturated heterocycles. The number of ether oxygens (including phenoxy) is 3. The molecule has 1 amide bonds. The van der Waals surface area contributed by atoms with E-state index in [0.717, 1.165) is 57.2 Å². The molecule has 3 aromatic rings. The number of nitrogens with zero attached hydrogens (tertiary/aromatic N) is 4. The molecule has 10 nitrogen and oxygen atoms in total. The van der Waals surface area contributed by atoms with Gasteiger partial charge in [-0.05, 0) is 42.8 Å². The summed E-state index contributed by atoms with van der Waals surface area (Å²) in [7, 11) is 0. The van der Waals surface area contributed by atoms with Crippen LogP contribution < -0.4 is 20.1 Å². The van der Waals surface area contributed by atoms with E-state index >= 15 is 0 Å². The molecule has 0 atom stereocenters. The van der Waals surface area contributed by atoms with Gasteiger partial charge in [0.25, 0.3) is 0 Å². The summed E-state index contributed by atoms with van der Waals surface area (Å²) in [6, 6.07) is 9.02. The van der Waals surface area contributed by atoms with Crippen molar-refractivity contribution in [1.82, 2.24) is 14.9 Å². The Bertz CT molecular complexity index is 1440. The highest BCUT2D eigenvalue weighted by molar-refractivity contribution is 6.32. The smallest absolute Gasteiger partial charge is 0.247 e. The zero-order chi connectivity index (χ0) is 27.7. The monoisotopic (exact) mass is 562 g/mol. The van der Waals surface area contributed by atoms with Gasteiger partial charge in [-0.2, -0.15) is 0 Å². The van der Waals surface area contributed by atoms with Crippen molar-refractivity contribution in [2.24, 2.45) is 4.99 Å². The Hall–Kier alpha value is -3.99. The fraction of sp³-hybridized carbons (Fsp3) is 0.310. The molecule has 0 radical (unpaired) electrons. The summed E-state index contributed by atoms with van der Waals surface area (Å²) in [6.07, 6.45) is 7.70. The van der Waals surface area contributed by atoms with Gasteiger partial charge in [-0.25, -0.2) is 9.97 Å². The number of aromatic nitrogens is 2. The van der Waals surface area contributed by atoms with Gasteiger partial charge in [-0.15, -0.1) is 0 Å². The van der Waals surface area contributed by atoms with Gasteiger partial charge < -0.3 is 24.8 Å². The lowest BCUT2D eigenvalue weighted by Gasteiger charge is -2.26. The number of halogens is 1. The molecule has 2 aromatic carbocycles. The van der Waals surface area contributed by atoms with E-state index < -0.39 is 0 Å². The van der Waals surface area contributed by atoms with E-state index in [4.69, 9.17) is 25.8 Å². The highest BCUT2D eigenvalue weighted by atomic mass is 35.5. The number of hydrogen-bond acceptors (Lipinski definition) is 9. The maximum absolute atomic E-state index is 12.2. The topological polar surface area (TPSA) is 110 Å². The maximum Gasteiger partial charge on any atom is 0.247 e. The summed E-state index contributed by atoms with van der Waals surface area (Å²) >= 11 is 6.52. The average Bonchev–Trinajstić information content (AvgIpc) is 2.98. The molecule has 3 heterocycles. The average molecular weight is 563 g/mol. The summed E-state index contributed by atoms with van der Waals surface area (Å²) in [5.74, 6) is 1.28. The number of aliphatic imine (C=N–C) groups is 1. The van der Waals surface area contributed by atoms with Crippen molar-refractivity contribution in [3.05, 3.63) is 66.5 Å². The van der Waals surface area contributed by atoms with Crippen molar-refractivity contribution in [2.45, 2.75) is 6.42 Å². The molecule has 1 aromatic heterocycles. The number of nitrogens with one attached hydrogen (secondary N) is 2. The van der Waals surface area contributed by atoms with E-state index in [1.54, 1.807) is 24.3 Å². The third-order valence-electron chi connectivity index (χ3n) is 6.44. The fourth-order valence-electron chi connectivity index (χ4n) is 4.33. The second-order valence-electron chi connectivity index (χ2n) is 9.21. The minimum atomic E-state index is -0.346. The predicted molar refractivity (Wildman–Crippen MR) is 157 cm³/mol. The van der Waals surface area contributed by atoms with Crippen LogP contribution in [-0.4, -0.2) is 79.1 Å². The molecule has 208 valence electrons. The van der Waals surface area contributed by atoms with Gasteiger partial charge in [-0.1, -0.05) is 24.3 Å². The summed E-state index contributed by atoms with van der Waals surface area (Å²) in [5, 5.41) is 7.29. The van der Waals surface area contributed by atoms with E-state index in [1.165, 1.54) is 12.4 Å². The minimum Gasteiger partial charge on any atom is -0.490 e. The molecule has 0 spiro atoms. The molecular weight excluding hydrogens is 532 g/mol. The molecule has 0 unspecified atom stereocenters. The van der Waals surface area contributed by atoms with Crippen molar-refractivity contribution in [3.8, 4) is 11.5 Å². The van der Waals surface area contributed by atoms with Crippen LogP contribution in [0.2, 0.25) is 5.02 Å². The highest BCUT2D eigenvalue weighted by Crippen LogP contribution is 2.35. The first-order valence-electron chi connectivity index (χ1n) is 13.1. The summed E-state index contributed by atoms with van der Waals surface area (Å²) in [5.41, 5.74) is 2.76. The van der Waals surface area contributed by atoms with Crippen LogP contribution in [0.3, 0.4) is 0 Å². The van der Waals surface area contributed by atoms with Crippen LogP contribution >= 0.6 is 11.6 Å². The van der Waals surface area contributed by atoms with E-state index in [0.29, 0.717) is 52.1 Å². The van der Waals surface area contributed by atoms with Gasteiger partial charge in [0, 0.05) is 43.3 Å². The zero-order valence-corrected chi connectivity index (χ0v) is 22.8. The molecule has 1 fully saturated rings. The van der Waals surface area contributed by atoms with Crippen molar-refractivity contribution in [3.63, 3.8) is 0 Å². The molecule has 11 heteroatoms. The Morgan fingerprint density at radius 2 is 2.02 bits per heavy atom. The predicted octanol–water partition coefficient (Wildman–Crippen LogP) is 4.64. The second-order valence-corrected chi connectivity index (χ2v) is 9.61. The Morgan fingerprint density at radius 1 is 1.15 bits per heavy atom. The van der Waals surface area contributed by atoms with Crippen LogP contribution in [-0.2, 0) is 9.53 Å². The second kappa shape index (κ2) is 13.4. The zero-order valence-electron chi connectivity index (χ0n) is 22.1. The molecule has 0 bridgehead atoms. The number of carbonyl (C=O) groups excluding carboxylic acids is 1. The van der Waals surface area contributed by atoms with Gasteiger partial charge in [0.05, 0.1) is 35.2 Å². The molecule has 0 aliphatic carbocycles. The number of anilines is 3. The number of morpholine rings is 1. The summed E-state index contributed by atoms with van der Waals surface area (Å²) in [6.45, 7) is 9.07. The van der Waals surface area contributed by atoms with Crippen LogP contribution in [0, 0.1) is 0 Å². The quantitative estimate of drug-likeness (QED) is 0.325. The Morgan fingerprint density at radius 3 is 2.80 bits per heavy atom. The van der Waals surface area contributed by atoms with Crippen molar-refractivity contribution >= 4 is 51.3 Å². The van der Waals surface area contributed by atoms with Crippen LogP contribution in [0.1, 0.15) is 6.42 Å². The molecule has 0 saturated carbocycles. The van der Waals surface area contributed by atoms with E-state index in [2.05, 4.69) is 43.1 Å². The first-order chi connectivity index (χ1) is 19.6. The Labute approximate surface area is 237 Å². The lowest BCUT2D eigenvalue weighted by molar-refractivity contribution is -0.111. The normalized spacial score (nSPS) is 15.4.